The lowest BCUT2D eigenvalue weighted by Crippen LogP contribution is -2.40. The van der Waals surface area contributed by atoms with Gasteiger partial charge in [0.2, 0.25) is 0 Å². The molecule has 1 amide bonds. The van der Waals surface area contributed by atoms with Crippen molar-refractivity contribution in [3.63, 3.8) is 0 Å². The number of hydrogen-bond donors (Lipinski definition) is 1. The van der Waals surface area contributed by atoms with Gasteiger partial charge in [0.25, 0.3) is 5.91 Å². The van der Waals surface area contributed by atoms with Crippen molar-refractivity contribution < 1.29 is 4.79 Å². The fourth-order valence-electron chi connectivity index (χ4n) is 4.09. The Morgan fingerprint density at radius 3 is 2.48 bits per heavy atom. The summed E-state index contributed by atoms with van der Waals surface area (Å²) in [6.45, 7) is 1.21. The molecule has 0 spiro atoms. The van der Waals surface area contributed by atoms with Crippen LogP contribution in [-0.2, 0) is 0 Å². The van der Waals surface area contributed by atoms with E-state index in [9.17, 15) is 9.59 Å². The van der Waals surface area contributed by atoms with Crippen LogP contribution in [0.3, 0.4) is 0 Å². The fourth-order valence-corrected chi connectivity index (χ4v) is 4.09. The van der Waals surface area contributed by atoms with E-state index in [0.717, 1.165) is 29.6 Å². The van der Waals surface area contributed by atoms with E-state index in [2.05, 4.69) is 10.1 Å². The van der Waals surface area contributed by atoms with Crippen LogP contribution >= 0.6 is 0 Å². The molecule has 1 saturated heterocycles. The van der Waals surface area contributed by atoms with Crippen LogP contribution in [0, 0.1) is 0 Å². The first-order chi connectivity index (χ1) is 14.2. The number of benzene rings is 2. The summed E-state index contributed by atoms with van der Waals surface area (Å²) in [6.07, 6.45) is 3.29. The smallest absolute Gasteiger partial charge is 0.326 e. The fraction of sp³-hybridized carbons (Fsp3) is 0.227. The van der Waals surface area contributed by atoms with Crippen molar-refractivity contribution in [2.75, 3.05) is 13.1 Å². The quantitative estimate of drug-likeness (QED) is 0.587. The maximum Gasteiger partial charge on any atom is 0.326 e. The number of nitrogens with zero attached hydrogens (tertiary/aromatic N) is 4. The monoisotopic (exact) mass is 387 g/mol. The zero-order valence-electron chi connectivity index (χ0n) is 15.9. The molecule has 4 aromatic rings. The van der Waals surface area contributed by atoms with E-state index in [1.165, 1.54) is 0 Å². The molecule has 1 N–H and O–H groups in total. The summed E-state index contributed by atoms with van der Waals surface area (Å²) in [5, 5.41) is 4.44. The number of likely N-dealkylation sites (tertiary alicyclic amines) is 1. The van der Waals surface area contributed by atoms with Gasteiger partial charge in [0.15, 0.2) is 5.69 Å². The van der Waals surface area contributed by atoms with Crippen LogP contribution < -0.4 is 5.69 Å². The summed E-state index contributed by atoms with van der Waals surface area (Å²) in [7, 11) is 0. The number of para-hydroxylation sites is 3. The number of rotatable bonds is 3. The molecule has 0 radical (unpaired) electrons. The Kier molecular flexibility index (Phi) is 4.27. The molecule has 7 nitrogen and oxygen atoms in total. The van der Waals surface area contributed by atoms with Crippen molar-refractivity contribution in [3.8, 4) is 5.69 Å². The standard InChI is InChI=1S/C22H21N5O2/c28-21(19-12-15-26(24-19)16-6-2-1-3-7-16)25-13-10-17(11-14-25)27-20-9-5-4-8-18(20)23-22(27)29/h1-9,12,15,17H,10-11,13-14H2,(H,23,29). The van der Waals surface area contributed by atoms with Crippen molar-refractivity contribution in [2.24, 2.45) is 0 Å². The van der Waals surface area contributed by atoms with E-state index >= 15 is 0 Å². The molecule has 0 saturated carbocycles. The molecular formula is C22H21N5O2. The van der Waals surface area contributed by atoms with Gasteiger partial charge in [-0.15, -0.1) is 0 Å². The second-order valence-electron chi connectivity index (χ2n) is 7.32. The van der Waals surface area contributed by atoms with Gasteiger partial charge in [0.05, 0.1) is 16.7 Å². The van der Waals surface area contributed by atoms with Gasteiger partial charge in [-0.25, -0.2) is 9.48 Å². The van der Waals surface area contributed by atoms with Gasteiger partial charge in [-0.3, -0.25) is 9.36 Å². The number of H-pyrrole nitrogens is 1. The highest BCUT2D eigenvalue weighted by Crippen LogP contribution is 2.25. The Labute approximate surface area is 167 Å². The summed E-state index contributed by atoms with van der Waals surface area (Å²) in [5.41, 5.74) is 3.05. The summed E-state index contributed by atoms with van der Waals surface area (Å²) >= 11 is 0. The highest BCUT2D eigenvalue weighted by atomic mass is 16.2. The van der Waals surface area contributed by atoms with Gasteiger partial charge in [-0.1, -0.05) is 30.3 Å². The van der Waals surface area contributed by atoms with Crippen LogP contribution in [0.25, 0.3) is 16.7 Å². The Balaban J connectivity index is 1.31. The number of carbonyl (C=O) groups is 1. The first kappa shape index (κ1) is 17.5. The average Bonchev–Trinajstić information content (AvgIpc) is 3.38. The van der Waals surface area contributed by atoms with Crippen molar-refractivity contribution in [3.05, 3.63) is 83.0 Å². The molecule has 0 atom stereocenters. The molecule has 0 unspecified atom stereocenters. The number of imidazole rings is 1. The molecule has 146 valence electrons. The van der Waals surface area contributed by atoms with E-state index < -0.39 is 0 Å². The Morgan fingerprint density at radius 2 is 1.69 bits per heavy atom. The number of carbonyl (C=O) groups excluding carboxylic acids is 1. The maximum atomic E-state index is 12.9. The van der Waals surface area contributed by atoms with E-state index in [1.54, 1.807) is 16.9 Å². The molecule has 7 heteroatoms. The molecule has 29 heavy (non-hydrogen) atoms. The molecule has 1 aliphatic rings. The predicted octanol–water partition coefficient (Wildman–Crippen LogP) is 2.99. The normalized spacial score (nSPS) is 15.1. The number of nitrogens with one attached hydrogen (secondary N) is 1. The second kappa shape index (κ2) is 7.09. The molecule has 0 aliphatic carbocycles. The van der Waals surface area contributed by atoms with Gasteiger partial charge < -0.3 is 9.88 Å². The lowest BCUT2D eigenvalue weighted by atomic mass is 10.0. The van der Waals surface area contributed by atoms with Crippen molar-refractivity contribution in [1.29, 1.82) is 0 Å². The van der Waals surface area contributed by atoms with Crippen LogP contribution in [0.5, 0.6) is 0 Å². The van der Waals surface area contributed by atoms with Gasteiger partial charge in [0, 0.05) is 25.3 Å². The highest BCUT2D eigenvalue weighted by Gasteiger charge is 2.27. The number of amides is 1. The van der Waals surface area contributed by atoms with E-state index in [1.807, 2.05) is 64.1 Å². The maximum absolute atomic E-state index is 12.9. The lowest BCUT2D eigenvalue weighted by molar-refractivity contribution is 0.0688. The number of aromatic amines is 1. The molecular weight excluding hydrogens is 366 g/mol. The van der Waals surface area contributed by atoms with E-state index in [0.29, 0.717) is 18.8 Å². The zero-order chi connectivity index (χ0) is 19.8. The molecule has 1 aliphatic heterocycles. The second-order valence-corrected chi connectivity index (χ2v) is 7.32. The minimum absolute atomic E-state index is 0.0654. The van der Waals surface area contributed by atoms with Crippen LogP contribution in [0.15, 0.2) is 71.7 Å². The average molecular weight is 387 g/mol. The number of piperidine rings is 1. The molecule has 0 bridgehead atoms. The number of hydrogen-bond acceptors (Lipinski definition) is 3. The van der Waals surface area contributed by atoms with E-state index in [4.69, 9.17) is 0 Å². The summed E-state index contributed by atoms with van der Waals surface area (Å²) in [6, 6.07) is 19.3. The molecule has 2 aromatic heterocycles. The molecule has 3 heterocycles. The first-order valence-electron chi connectivity index (χ1n) is 9.80. The van der Waals surface area contributed by atoms with E-state index in [-0.39, 0.29) is 17.6 Å². The lowest BCUT2D eigenvalue weighted by Gasteiger charge is -2.32. The largest absolute Gasteiger partial charge is 0.337 e. The molecule has 1 fully saturated rings. The third kappa shape index (κ3) is 3.14. The van der Waals surface area contributed by atoms with Crippen molar-refractivity contribution >= 4 is 16.9 Å². The third-order valence-corrected chi connectivity index (χ3v) is 5.57. The van der Waals surface area contributed by atoms with Crippen molar-refractivity contribution in [1.82, 2.24) is 24.2 Å². The zero-order valence-corrected chi connectivity index (χ0v) is 15.9. The van der Waals surface area contributed by atoms with Crippen LogP contribution in [0.1, 0.15) is 29.4 Å². The molecule has 5 rings (SSSR count). The van der Waals surface area contributed by atoms with Crippen molar-refractivity contribution in [2.45, 2.75) is 18.9 Å². The van der Waals surface area contributed by atoms with Gasteiger partial charge in [-0.05, 0) is 43.2 Å². The highest BCUT2D eigenvalue weighted by molar-refractivity contribution is 5.92. The summed E-state index contributed by atoms with van der Waals surface area (Å²) < 4.78 is 3.55. The Morgan fingerprint density at radius 1 is 0.966 bits per heavy atom. The first-order valence-corrected chi connectivity index (χ1v) is 9.80. The number of aromatic nitrogens is 4. The van der Waals surface area contributed by atoms with Crippen LogP contribution in [0.2, 0.25) is 0 Å². The minimum atomic E-state index is -0.0856. The summed E-state index contributed by atoms with van der Waals surface area (Å²) in [5.74, 6) is -0.0654. The summed E-state index contributed by atoms with van der Waals surface area (Å²) in [4.78, 5) is 30.1. The Hall–Kier alpha value is -3.61. The SMILES string of the molecule is O=C(c1ccn(-c2ccccc2)n1)N1CCC(n2c(=O)[nH]c3ccccc32)CC1. The van der Waals surface area contributed by atoms with Gasteiger partial charge >= 0.3 is 5.69 Å². The van der Waals surface area contributed by atoms with Gasteiger partial charge in [-0.2, -0.15) is 5.10 Å². The molecule has 2 aromatic carbocycles. The predicted molar refractivity (Wildman–Crippen MR) is 110 cm³/mol. The number of fused-ring (bicyclic) bond motifs is 1. The minimum Gasteiger partial charge on any atom is -0.337 e. The van der Waals surface area contributed by atoms with Gasteiger partial charge in [0.1, 0.15) is 0 Å². The van der Waals surface area contributed by atoms with Crippen LogP contribution in [-0.4, -0.2) is 43.2 Å². The topological polar surface area (TPSA) is 75.9 Å². The van der Waals surface area contributed by atoms with Crippen LogP contribution in [0.4, 0.5) is 0 Å². The third-order valence-electron chi connectivity index (χ3n) is 5.57. The Bertz CT molecular complexity index is 1210.